The number of hydrogen-bond donors (Lipinski definition) is 0. The predicted molar refractivity (Wildman–Crippen MR) is 31.4 cm³/mol. The second-order valence-corrected chi connectivity index (χ2v) is 1.71. The Morgan fingerprint density at radius 1 is 1.75 bits per heavy atom. The second-order valence-electron chi connectivity index (χ2n) is 1.52. The monoisotopic (exact) mass is 133 g/mol. The van der Waals surface area contributed by atoms with Gasteiger partial charge in [0.25, 0.3) is 0 Å². The zero-order valence-corrected chi connectivity index (χ0v) is 5.57. The van der Waals surface area contributed by atoms with Crippen molar-refractivity contribution in [3.8, 4) is 0 Å². The molecule has 0 spiro atoms. The molecule has 0 heterocycles. The lowest BCUT2D eigenvalue weighted by Gasteiger charge is -2.00. The van der Waals surface area contributed by atoms with Crippen molar-refractivity contribution in [1.82, 2.24) is 0 Å². The van der Waals surface area contributed by atoms with Crippen LogP contribution in [0.3, 0.4) is 0 Å². The molecule has 0 rings (SSSR count). The van der Waals surface area contributed by atoms with Crippen LogP contribution in [0, 0.1) is 0 Å². The molecular weight excluding hydrogens is 126 g/mol. The van der Waals surface area contributed by atoms with Gasteiger partial charge in [0.15, 0.2) is 0 Å². The highest BCUT2D eigenvalue weighted by Crippen LogP contribution is 1.89. The van der Waals surface area contributed by atoms with Gasteiger partial charge in [-0.05, 0) is 13.8 Å². The van der Waals surface area contributed by atoms with Crippen LogP contribution < -0.4 is 0 Å². The van der Waals surface area contributed by atoms with Crippen molar-refractivity contribution in [2.24, 2.45) is 4.36 Å². The first-order chi connectivity index (χ1) is 3.66. The molecule has 0 N–H and O–H groups in total. The average molecular weight is 133 g/mol. The van der Waals surface area contributed by atoms with Crippen LogP contribution >= 0.6 is 0 Å². The minimum Gasteiger partial charge on any atom is -0.445 e. The molecule has 0 aromatic carbocycles. The molecule has 0 aliphatic rings. The first kappa shape index (κ1) is 7.49. The van der Waals surface area contributed by atoms with E-state index in [1.807, 2.05) is 0 Å². The number of hydrogen-bond acceptors (Lipinski definition) is 3. The van der Waals surface area contributed by atoms with E-state index in [4.69, 9.17) is 0 Å². The fourth-order valence-corrected chi connectivity index (χ4v) is 0.266. The van der Waals surface area contributed by atoms with E-state index in [0.29, 0.717) is 0 Å². The van der Waals surface area contributed by atoms with Gasteiger partial charge in [-0.15, -0.1) is 4.36 Å². The third kappa shape index (κ3) is 3.67. The highest BCUT2D eigenvalue weighted by molar-refractivity contribution is 7.47. The lowest BCUT2D eigenvalue weighted by atomic mass is 10.5. The van der Waals surface area contributed by atoms with Crippen molar-refractivity contribution >= 4 is 18.5 Å². The van der Waals surface area contributed by atoms with Crippen LogP contribution in [0.15, 0.2) is 4.36 Å². The number of nitrogens with zero attached hydrogens (tertiary/aromatic N) is 1. The highest BCUT2D eigenvalue weighted by atomic mass is 32.1. The lowest BCUT2D eigenvalue weighted by molar-refractivity contribution is 0.126. The van der Waals surface area contributed by atoms with E-state index in [-0.39, 0.29) is 6.10 Å². The molecule has 0 radical (unpaired) electrons. The molecule has 0 aromatic rings. The van der Waals surface area contributed by atoms with E-state index in [1.54, 1.807) is 13.8 Å². The summed E-state index contributed by atoms with van der Waals surface area (Å²) < 4.78 is 7.34. The summed E-state index contributed by atoms with van der Waals surface area (Å²) in [5.41, 5.74) is 0. The third-order valence-corrected chi connectivity index (χ3v) is 0.560. The summed E-state index contributed by atoms with van der Waals surface area (Å²) in [4.78, 5) is 10.1. The van der Waals surface area contributed by atoms with Gasteiger partial charge in [-0.25, -0.2) is 4.79 Å². The standard InChI is InChI=1S/C4H7NO2S/c1-3(2)7-4(6)5-8/h3H,1-2H3. The smallest absolute Gasteiger partial charge is 0.445 e. The van der Waals surface area contributed by atoms with E-state index in [1.165, 1.54) is 0 Å². The Kier molecular flexibility index (Phi) is 3.26. The number of ether oxygens (including phenoxy) is 1. The van der Waals surface area contributed by atoms with E-state index < -0.39 is 6.09 Å². The number of carbonyl (C=O) groups excluding carboxylic acids is 1. The first-order valence-electron chi connectivity index (χ1n) is 2.20. The van der Waals surface area contributed by atoms with Crippen LogP contribution in [0.1, 0.15) is 13.8 Å². The summed E-state index contributed by atoms with van der Waals surface area (Å²) in [7, 11) is 0. The van der Waals surface area contributed by atoms with Gasteiger partial charge in [0, 0.05) is 12.4 Å². The van der Waals surface area contributed by atoms with E-state index in [2.05, 4.69) is 21.5 Å². The van der Waals surface area contributed by atoms with E-state index in [9.17, 15) is 4.79 Å². The Morgan fingerprint density at radius 2 is 2.25 bits per heavy atom. The summed E-state index contributed by atoms with van der Waals surface area (Å²) in [6, 6.07) is 0. The van der Waals surface area contributed by atoms with Crippen molar-refractivity contribution in [3.05, 3.63) is 0 Å². The normalized spacial score (nSPS) is 8.88. The Morgan fingerprint density at radius 3 is 2.38 bits per heavy atom. The molecule has 4 heteroatoms. The van der Waals surface area contributed by atoms with E-state index >= 15 is 0 Å². The minimum atomic E-state index is -0.685. The van der Waals surface area contributed by atoms with E-state index in [0.717, 1.165) is 0 Å². The average Bonchev–Trinajstić information content (AvgIpc) is 1.65. The maximum absolute atomic E-state index is 10.1. The molecule has 0 aliphatic heterocycles. The fourth-order valence-electron chi connectivity index (χ4n) is 0.223. The molecule has 1 amide bonds. The van der Waals surface area contributed by atoms with Crippen LogP contribution in [-0.2, 0) is 17.2 Å². The largest absolute Gasteiger partial charge is 0.445 e. The molecule has 3 nitrogen and oxygen atoms in total. The van der Waals surface area contributed by atoms with Crippen molar-refractivity contribution in [1.29, 1.82) is 0 Å². The molecule has 0 bridgehead atoms. The Balaban J connectivity index is 3.39. The highest BCUT2D eigenvalue weighted by Gasteiger charge is 1.99. The molecule has 0 fully saturated rings. The van der Waals surface area contributed by atoms with Crippen molar-refractivity contribution in [2.45, 2.75) is 20.0 Å². The lowest BCUT2D eigenvalue weighted by Crippen LogP contribution is -2.05. The summed E-state index contributed by atoms with van der Waals surface area (Å²) in [5.74, 6) is 0. The van der Waals surface area contributed by atoms with Gasteiger partial charge >= 0.3 is 6.09 Å². The van der Waals surface area contributed by atoms with Gasteiger partial charge < -0.3 is 4.74 Å². The molecule has 46 valence electrons. The molecule has 0 atom stereocenters. The molecule has 0 aliphatic carbocycles. The van der Waals surface area contributed by atoms with Crippen molar-refractivity contribution < 1.29 is 9.53 Å². The molecular formula is C4H7NO2S. The number of carbonyl (C=O) groups is 1. The molecule has 0 unspecified atom stereocenters. The van der Waals surface area contributed by atoms with Gasteiger partial charge in [0.2, 0.25) is 0 Å². The van der Waals surface area contributed by atoms with Crippen LogP contribution in [0.5, 0.6) is 0 Å². The predicted octanol–water partition coefficient (Wildman–Crippen LogP) is 1.26. The van der Waals surface area contributed by atoms with Gasteiger partial charge in [0.1, 0.15) is 0 Å². The van der Waals surface area contributed by atoms with Gasteiger partial charge in [-0.1, -0.05) is 0 Å². The van der Waals surface area contributed by atoms with Gasteiger partial charge in [-0.2, -0.15) is 0 Å². The maximum atomic E-state index is 10.1. The summed E-state index contributed by atoms with van der Waals surface area (Å²) in [5, 5.41) is 0. The van der Waals surface area contributed by atoms with Crippen LogP contribution in [-0.4, -0.2) is 12.2 Å². The zero-order valence-electron chi connectivity index (χ0n) is 4.75. The van der Waals surface area contributed by atoms with Crippen molar-refractivity contribution in [2.75, 3.05) is 0 Å². The van der Waals surface area contributed by atoms with Crippen LogP contribution in [0.4, 0.5) is 4.79 Å². The van der Waals surface area contributed by atoms with Crippen LogP contribution in [0.25, 0.3) is 0 Å². The summed E-state index contributed by atoms with van der Waals surface area (Å²) in [6.07, 6.45) is -0.816. The zero-order chi connectivity index (χ0) is 6.57. The van der Waals surface area contributed by atoms with Gasteiger partial charge in [0.05, 0.1) is 6.10 Å². The Labute approximate surface area is 53.2 Å². The SMILES string of the molecule is CC(C)OC(=O)N=S. The second kappa shape index (κ2) is 3.49. The fraction of sp³-hybridized carbons (Fsp3) is 0.750. The third-order valence-electron chi connectivity index (χ3n) is 0.411. The quantitative estimate of drug-likeness (QED) is 0.540. The van der Waals surface area contributed by atoms with Crippen LogP contribution in [0.2, 0.25) is 0 Å². The molecule has 0 saturated heterocycles. The molecule has 8 heavy (non-hydrogen) atoms. The minimum absolute atomic E-state index is 0.130. The molecule has 0 saturated carbocycles. The topological polar surface area (TPSA) is 38.7 Å². The first-order valence-corrected chi connectivity index (χ1v) is 2.57. The summed E-state index contributed by atoms with van der Waals surface area (Å²) >= 11 is 4.04. The number of amides is 1. The number of rotatable bonds is 1. The van der Waals surface area contributed by atoms with Gasteiger partial charge in [-0.3, -0.25) is 0 Å². The maximum Gasteiger partial charge on any atom is 0.445 e. The van der Waals surface area contributed by atoms with Crippen molar-refractivity contribution in [3.63, 3.8) is 0 Å². The summed E-state index contributed by atoms with van der Waals surface area (Å²) in [6.45, 7) is 3.47. The Hall–Kier alpha value is -0.510. The Bertz CT molecular complexity index is 102. The molecule has 0 aromatic heterocycles.